The van der Waals surface area contributed by atoms with E-state index in [-0.39, 0.29) is 22.8 Å². The Hall–Kier alpha value is -3.16. The van der Waals surface area contributed by atoms with E-state index in [1.807, 2.05) is 17.0 Å². The maximum absolute atomic E-state index is 14.4. The third-order valence-corrected chi connectivity index (χ3v) is 8.20. The normalized spacial score (nSPS) is 17.3. The van der Waals surface area contributed by atoms with Crippen LogP contribution in [0.2, 0.25) is 0 Å². The monoisotopic (exact) mass is 539 g/mol. The Kier molecular flexibility index (Phi) is 8.05. The number of hydrogen-bond donors (Lipinski definition) is 0. The van der Waals surface area contributed by atoms with E-state index in [0.717, 1.165) is 6.42 Å². The fourth-order valence-corrected chi connectivity index (χ4v) is 5.96. The van der Waals surface area contributed by atoms with Crippen LogP contribution < -0.4 is 15.4 Å². The van der Waals surface area contributed by atoms with E-state index in [2.05, 4.69) is 18.7 Å². The number of halogens is 1. The van der Waals surface area contributed by atoms with Crippen LogP contribution in [0.4, 0.5) is 15.9 Å². The molecule has 194 valence electrons. The fraction of sp³-hybridized carbons (Fsp3) is 0.407. The van der Waals surface area contributed by atoms with Crippen LogP contribution in [-0.2, 0) is 11.8 Å². The molecule has 10 heteroatoms. The number of para-hydroxylation sites is 1. The van der Waals surface area contributed by atoms with E-state index in [0.29, 0.717) is 70.5 Å². The van der Waals surface area contributed by atoms with E-state index in [1.165, 1.54) is 22.4 Å². The van der Waals surface area contributed by atoms with Crippen molar-refractivity contribution < 1.29 is 9.18 Å². The number of piperazine rings is 1. The van der Waals surface area contributed by atoms with Crippen LogP contribution in [0, 0.1) is 30.0 Å². The molecule has 1 aromatic carbocycles. The maximum Gasteiger partial charge on any atom is 0.270 e. The number of thioether (sulfide) groups is 1. The topological polar surface area (TPSA) is 72.6 Å². The van der Waals surface area contributed by atoms with E-state index in [1.54, 1.807) is 37.1 Å². The lowest BCUT2D eigenvalue weighted by Gasteiger charge is -2.38. The molecule has 2 aromatic rings. The van der Waals surface area contributed by atoms with Gasteiger partial charge in [0, 0.05) is 45.3 Å². The minimum absolute atomic E-state index is 0.0535. The first-order valence-corrected chi connectivity index (χ1v) is 13.5. The van der Waals surface area contributed by atoms with Gasteiger partial charge in [-0.05, 0) is 43.0 Å². The van der Waals surface area contributed by atoms with Gasteiger partial charge in [0.2, 0.25) is 0 Å². The Morgan fingerprint density at radius 3 is 2.43 bits per heavy atom. The molecular weight excluding hydrogens is 509 g/mol. The van der Waals surface area contributed by atoms with Gasteiger partial charge < -0.3 is 9.80 Å². The Bertz CT molecular complexity index is 1370. The highest BCUT2D eigenvalue weighted by molar-refractivity contribution is 8.26. The molecular formula is C27H30FN5O2S2. The van der Waals surface area contributed by atoms with Crippen LogP contribution >= 0.6 is 24.0 Å². The van der Waals surface area contributed by atoms with Crippen molar-refractivity contribution in [3.63, 3.8) is 0 Å². The largest absolute Gasteiger partial charge is 0.366 e. The van der Waals surface area contributed by atoms with Gasteiger partial charge in [-0.15, -0.1) is 0 Å². The SMILES string of the molecule is Cc1c(/C=C2\SC(=S)N(CCC(C)C)C2=O)c(N2CCN(c3ccccc3F)CC2)n(C)c(=O)c1C#N. The van der Waals surface area contributed by atoms with Gasteiger partial charge in [-0.2, -0.15) is 5.26 Å². The summed E-state index contributed by atoms with van der Waals surface area (Å²) in [6, 6.07) is 8.73. The second-order valence-corrected chi connectivity index (χ2v) is 11.3. The Morgan fingerprint density at radius 2 is 1.81 bits per heavy atom. The first kappa shape index (κ1) is 26.9. The zero-order valence-electron chi connectivity index (χ0n) is 21.5. The third-order valence-electron chi connectivity index (χ3n) is 6.82. The highest BCUT2D eigenvalue weighted by Gasteiger charge is 2.33. The standard InChI is InChI=1S/C27H30FN5O2S2/c1-17(2)9-10-33-26(35)23(37-27(33)36)15-19-18(3)20(16-29)25(34)30(4)24(19)32-13-11-31(12-14-32)22-8-6-5-7-21(22)28/h5-8,15,17H,9-14H2,1-4H3/b23-15-. The molecule has 4 rings (SSSR count). The number of carbonyl (C=O) groups excluding carboxylic acids is 1. The highest BCUT2D eigenvalue weighted by Crippen LogP contribution is 2.36. The fourth-order valence-electron chi connectivity index (χ4n) is 4.67. The zero-order chi connectivity index (χ0) is 26.9. The van der Waals surface area contributed by atoms with Gasteiger partial charge in [0.1, 0.15) is 27.6 Å². The molecule has 2 aliphatic rings. The number of nitriles is 1. The number of benzene rings is 1. The molecule has 0 N–H and O–H groups in total. The predicted octanol–water partition coefficient (Wildman–Crippen LogP) is 4.28. The van der Waals surface area contributed by atoms with Crippen molar-refractivity contribution in [2.24, 2.45) is 13.0 Å². The van der Waals surface area contributed by atoms with Gasteiger partial charge in [0.25, 0.3) is 11.5 Å². The number of thiocarbonyl (C=S) groups is 1. The summed E-state index contributed by atoms with van der Waals surface area (Å²) in [5.74, 6) is 0.657. The second-order valence-electron chi connectivity index (χ2n) is 9.65. The molecule has 0 atom stereocenters. The Labute approximate surface area is 226 Å². The van der Waals surface area contributed by atoms with Crippen LogP contribution in [0.1, 0.15) is 37.0 Å². The summed E-state index contributed by atoms with van der Waals surface area (Å²) in [4.78, 5) is 32.4. The first-order valence-electron chi connectivity index (χ1n) is 12.3. The van der Waals surface area contributed by atoms with Crippen molar-refractivity contribution in [3.8, 4) is 6.07 Å². The van der Waals surface area contributed by atoms with E-state index < -0.39 is 0 Å². The Balaban J connectivity index is 1.71. The van der Waals surface area contributed by atoms with E-state index in [4.69, 9.17) is 12.2 Å². The third kappa shape index (κ3) is 5.29. The molecule has 1 aromatic heterocycles. The molecule has 2 saturated heterocycles. The van der Waals surface area contributed by atoms with Gasteiger partial charge in [0.15, 0.2) is 0 Å². The second kappa shape index (κ2) is 11.1. The summed E-state index contributed by atoms with van der Waals surface area (Å²) in [7, 11) is 1.65. The molecule has 0 aliphatic carbocycles. The molecule has 0 radical (unpaired) electrons. The zero-order valence-corrected chi connectivity index (χ0v) is 23.1. The lowest BCUT2D eigenvalue weighted by molar-refractivity contribution is -0.122. The van der Waals surface area contributed by atoms with Crippen molar-refractivity contribution in [1.82, 2.24) is 9.47 Å². The highest BCUT2D eigenvalue weighted by atomic mass is 32.2. The number of pyridine rings is 1. The molecule has 1 amide bonds. The van der Waals surface area contributed by atoms with Crippen LogP contribution in [0.3, 0.4) is 0 Å². The van der Waals surface area contributed by atoms with Crippen LogP contribution in [0.5, 0.6) is 0 Å². The minimum atomic E-state index is -0.381. The lowest BCUT2D eigenvalue weighted by atomic mass is 10.0. The molecule has 2 aliphatic heterocycles. The summed E-state index contributed by atoms with van der Waals surface area (Å²) in [5.41, 5.74) is 1.41. The molecule has 0 spiro atoms. The average Bonchev–Trinajstić information content (AvgIpc) is 3.14. The van der Waals surface area contributed by atoms with Gasteiger partial charge >= 0.3 is 0 Å². The summed E-state index contributed by atoms with van der Waals surface area (Å²) >= 11 is 6.74. The van der Waals surface area contributed by atoms with Crippen molar-refractivity contribution in [3.05, 3.63) is 62.0 Å². The van der Waals surface area contributed by atoms with Crippen LogP contribution in [0.25, 0.3) is 6.08 Å². The summed E-state index contributed by atoms with van der Waals surface area (Å²) in [5, 5.41) is 9.71. The van der Waals surface area contributed by atoms with Gasteiger partial charge in [-0.1, -0.05) is 50.0 Å². The van der Waals surface area contributed by atoms with Crippen molar-refractivity contribution in [2.45, 2.75) is 27.2 Å². The molecule has 0 bridgehead atoms. The quantitative estimate of drug-likeness (QED) is 0.401. The molecule has 0 saturated carbocycles. The summed E-state index contributed by atoms with van der Waals surface area (Å²) < 4.78 is 16.3. The van der Waals surface area contributed by atoms with Crippen molar-refractivity contribution >= 4 is 51.8 Å². The van der Waals surface area contributed by atoms with Gasteiger partial charge in [-0.3, -0.25) is 19.1 Å². The maximum atomic E-state index is 14.4. The first-order chi connectivity index (χ1) is 17.6. The smallest absolute Gasteiger partial charge is 0.270 e. The molecule has 3 heterocycles. The average molecular weight is 540 g/mol. The number of rotatable bonds is 6. The molecule has 37 heavy (non-hydrogen) atoms. The van der Waals surface area contributed by atoms with Gasteiger partial charge in [-0.25, -0.2) is 4.39 Å². The number of nitrogens with zero attached hydrogens (tertiary/aromatic N) is 5. The molecule has 7 nitrogen and oxygen atoms in total. The van der Waals surface area contributed by atoms with Gasteiger partial charge in [0.05, 0.1) is 10.6 Å². The Morgan fingerprint density at radius 1 is 1.16 bits per heavy atom. The summed E-state index contributed by atoms with van der Waals surface area (Å²) in [6.07, 6.45) is 2.61. The van der Waals surface area contributed by atoms with Crippen molar-refractivity contribution in [2.75, 3.05) is 42.5 Å². The van der Waals surface area contributed by atoms with Crippen molar-refractivity contribution in [1.29, 1.82) is 5.26 Å². The lowest BCUT2D eigenvalue weighted by Crippen LogP contribution is -2.48. The van der Waals surface area contributed by atoms with E-state index in [9.17, 15) is 19.2 Å². The van der Waals surface area contributed by atoms with Crippen LogP contribution in [-0.4, -0.2) is 52.4 Å². The van der Waals surface area contributed by atoms with Crippen LogP contribution in [0.15, 0.2) is 34.0 Å². The number of carbonyl (C=O) groups is 1. The number of hydrogen-bond acceptors (Lipinski definition) is 7. The summed E-state index contributed by atoms with van der Waals surface area (Å²) in [6.45, 7) is 8.71. The van der Waals surface area contributed by atoms with E-state index >= 15 is 0 Å². The molecule has 0 unspecified atom stereocenters. The number of aromatic nitrogens is 1. The number of amides is 1. The minimum Gasteiger partial charge on any atom is -0.366 e. The molecule has 2 fully saturated rings. The predicted molar refractivity (Wildman–Crippen MR) is 151 cm³/mol. The number of anilines is 2.